The molecule has 0 radical (unpaired) electrons. The average Bonchev–Trinajstić information content (AvgIpc) is 3.11. The second-order valence-electron chi connectivity index (χ2n) is 5.49. The molecule has 1 unspecified atom stereocenters. The van der Waals surface area contributed by atoms with Crippen LogP contribution in [0, 0.1) is 12.8 Å². The molecule has 1 saturated heterocycles. The van der Waals surface area contributed by atoms with E-state index in [-0.39, 0.29) is 11.8 Å². The highest BCUT2D eigenvalue weighted by molar-refractivity contribution is 5.92. The zero-order valence-corrected chi connectivity index (χ0v) is 12.2. The maximum absolute atomic E-state index is 12.2. The minimum Gasteiger partial charge on any atom is -0.316 e. The zero-order chi connectivity index (χ0) is 14.7. The molecule has 21 heavy (non-hydrogen) atoms. The maximum Gasteiger partial charge on any atom is 0.229 e. The SMILES string of the molecule is Cc1cc(NC(=O)C2CCNC2)n(Cc2ccccc2)n1. The van der Waals surface area contributed by atoms with Gasteiger partial charge in [0.05, 0.1) is 18.2 Å². The predicted molar refractivity (Wildman–Crippen MR) is 82.1 cm³/mol. The molecule has 0 bridgehead atoms. The lowest BCUT2D eigenvalue weighted by molar-refractivity contribution is -0.119. The van der Waals surface area contributed by atoms with Crippen LogP contribution in [0.25, 0.3) is 0 Å². The summed E-state index contributed by atoms with van der Waals surface area (Å²) in [6.07, 6.45) is 0.900. The molecule has 2 heterocycles. The molecule has 1 fully saturated rings. The third-order valence-electron chi connectivity index (χ3n) is 3.76. The summed E-state index contributed by atoms with van der Waals surface area (Å²) < 4.78 is 1.85. The van der Waals surface area contributed by atoms with Gasteiger partial charge in [0.25, 0.3) is 0 Å². The monoisotopic (exact) mass is 284 g/mol. The lowest BCUT2D eigenvalue weighted by Gasteiger charge is -2.12. The number of anilines is 1. The van der Waals surface area contributed by atoms with Gasteiger partial charge in [-0.2, -0.15) is 5.10 Å². The fraction of sp³-hybridized carbons (Fsp3) is 0.375. The standard InChI is InChI=1S/C16H20N4O/c1-12-9-15(18-16(21)14-7-8-17-10-14)20(19-12)11-13-5-3-2-4-6-13/h2-6,9,14,17H,7-8,10-11H2,1H3,(H,18,21). The first kappa shape index (κ1) is 13.8. The molecule has 1 aliphatic rings. The molecule has 3 rings (SSSR count). The van der Waals surface area contributed by atoms with Crippen molar-refractivity contribution in [2.45, 2.75) is 19.9 Å². The van der Waals surface area contributed by atoms with E-state index >= 15 is 0 Å². The van der Waals surface area contributed by atoms with Crippen LogP contribution in [0.1, 0.15) is 17.7 Å². The summed E-state index contributed by atoms with van der Waals surface area (Å²) in [6, 6.07) is 12.0. The molecule has 1 aliphatic heterocycles. The van der Waals surface area contributed by atoms with E-state index in [1.165, 1.54) is 5.56 Å². The van der Waals surface area contributed by atoms with E-state index in [4.69, 9.17) is 0 Å². The van der Waals surface area contributed by atoms with Gasteiger partial charge in [0.2, 0.25) is 5.91 Å². The Bertz CT molecular complexity index is 614. The number of nitrogens with zero attached hydrogens (tertiary/aromatic N) is 2. The van der Waals surface area contributed by atoms with Crippen molar-refractivity contribution < 1.29 is 4.79 Å². The van der Waals surface area contributed by atoms with Crippen molar-refractivity contribution in [2.75, 3.05) is 18.4 Å². The molecule has 1 aromatic carbocycles. The topological polar surface area (TPSA) is 59.0 Å². The van der Waals surface area contributed by atoms with Crippen molar-refractivity contribution in [3.05, 3.63) is 47.7 Å². The quantitative estimate of drug-likeness (QED) is 0.900. The molecule has 0 saturated carbocycles. The number of rotatable bonds is 4. The Morgan fingerprint density at radius 3 is 2.95 bits per heavy atom. The molecular weight excluding hydrogens is 264 g/mol. The molecule has 0 aliphatic carbocycles. The molecule has 1 aromatic heterocycles. The van der Waals surface area contributed by atoms with E-state index in [9.17, 15) is 4.79 Å². The van der Waals surface area contributed by atoms with Crippen molar-refractivity contribution in [3.63, 3.8) is 0 Å². The highest BCUT2D eigenvalue weighted by Crippen LogP contribution is 2.16. The molecule has 0 spiro atoms. The molecule has 2 N–H and O–H groups in total. The van der Waals surface area contributed by atoms with Gasteiger partial charge in [-0.1, -0.05) is 30.3 Å². The number of nitrogens with one attached hydrogen (secondary N) is 2. The van der Waals surface area contributed by atoms with Crippen LogP contribution in [0.15, 0.2) is 36.4 Å². The van der Waals surface area contributed by atoms with Crippen molar-refractivity contribution in [3.8, 4) is 0 Å². The minimum atomic E-state index is 0.0605. The molecule has 1 atom stereocenters. The minimum absolute atomic E-state index is 0.0605. The second-order valence-corrected chi connectivity index (χ2v) is 5.49. The first-order valence-electron chi connectivity index (χ1n) is 7.32. The van der Waals surface area contributed by atoms with Gasteiger partial charge in [0.1, 0.15) is 5.82 Å². The maximum atomic E-state index is 12.2. The van der Waals surface area contributed by atoms with Crippen LogP contribution in [-0.4, -0.2) is 28.8 Å². The van der Waals surface area contributed by atoms with E-state index in [0.717, 1.165) is 31.0 Å². The Kier molecular flexibility index (Phi) is 4.01. The molecule has 5 heteroatoms. The van der Waals surface area contributed by atoms with Crippen LogP contribution in [0.5, 0.6) is 0 Å². The third kappa shape index (κ3) is 3.31. The summed E-state index contributed by atoms with van der Waals surface area (Å²) in [5, 5.41) is 10.7. The molecule has 2 aromatic rings. The van der Waals surface area contributed by atoms with Crippen LogP contribution in [0.4, 0.5) is 5.82 Å². The average molecular weight is 284 g/mol. The van der Waals surface area contributed by atoms with Crippen LogP contribution in [0.3, 0.4) is 0 Å². The van der Waals surface area contributed by atoms with Gasteiger partial charge in [-0.3, -0.25) is 4.79 Å². The Morgan fingerprint density at radius 2 is 2.24 bits per heavy atom. The normalized spacial score (nSPS) is 17.9. The summed E-state index contributed by atoms with van der Waals surface area (Å²) >= 11 is 0. The van der Waals surface area contributed by atoms with Gasteiger partial charge in [0.15, 0.2) is 0 Å². The van der Waals surface area contributed by atoms with Crippen molar-refractivity contribution in [2.24, 2.45) is 5.92 Å². The van der Waals surface area contributed by atoms with Crippen molar-refractivity contribution in [1.82, 2.24) is 15.1 Å². The van der Waals surface area contributed by atoms with Crippen LogP contribution in [-0.2, 0) is 11.3 Å². The summed E-state index contributed by atoms with van der Waals surface area (Å²) in [7, 11) is 0. The van der Waals surface area contributed by atoms with Gasteiger partial charge >= 0.3 is 0 Å². The Hall–Kier alpha value is -2.14. The Morgan fingerprint density at radius 1 is 1.43 bits per heavy atom. The Balaban J connectivity index is 1.74. The smallest absolute Gasteiger partial charge is 0.229 e. The van der Waals surface area contributed by atoms with Crippen LogP contribution >= 0.6 is 0 Å². The highest BCUT2D eigenvalue weighted by Gasteiger charge is 2.23. The van der Waals surface area contributed by atoms with Gasteiger partial charge < -0.3 is 10.6 Å². The largest absolute Gasteiger partial charge is 0.316 e. The highest BCUT2D eigenvalue weighted by atomic mass is 16.2. The number of hydrogen-bond donors (Lipinski definition) is 2. The number of amides is 1. The first-order valence-corrected chi connectivity index (χ1v) is 7.32. The van der Waals surface area contributed by atoms with Gasteiger partial charge in [-0.15, -0.1) is 0 Å². The molecular formula is C16H20N4O. The number of hydrogen-bond acceptors (Lipinski definition) is 3. The third-order valence-corrected chi connectivity index (χ3v) is 3.76. The molecule has 110 valence electrons. The number of carbonyl (C=O) groups is 1. The lowest BCUT2D eigenvalue weighted by atomic mass is 10.1. The van der Waals surface area contributed by atoms with E-state index in [1.54, 1.807) is 0 Å². The van der Waals surface area contributed by atoms with E-state index < -0.39 is 0 Å². The van der Waals surface area contributed by atoms with E-state index in [2.05, 4.69) is 27.9 Å². The number of aromatic nitrogens is 2. The number of benzene rings is 1. The van der Waals surface area contributed by atoms with Gasteiger partial charge in [-0.05, 0) is 25.5 Å². The van der Waals surface area contributed by atoms with Crippen LogP contribution in [0.2, 0.25) is 0 Å². The predicted octanol–water partition coefficient (Wildman–Crippen LogP) is 1.79. The van der Waals surface area contributed by atoms with Crippen molar-refractivity contribution >= 4 is 11.7 Å². The summed E-state index contributed by atoms with van der Waals surface area (Å²) in [5.74, 6) is 0.910. The zero-order valence-electron chi connectivity index (χ0n) is 12.2. The Labute approximate surface area is 124 Å². The molecule has 5 nitrogen and oxygen atoms in total. The number of carbonyl (C=O) groups excluding carboxylic acids is 1. The fourth-order valence-corrected chi connectivity index (χ4v) is 2.63. The summed E-state index contributed by atoms with van der Waals surface area (Å²) in [4.78, 5) is 12.2. The summed E-state index contributed by atoms with van der Waals surface area (Å²) in [6.45, 7) is 4.28. The van der Waals surface area contributed by atoms with Crippen LogP contribution < -0.4 is 10.6 Å². The second kappa shape index (κ2) is 6.10. The van der Waals surface area contributed by atoms with E-state index in [0.29, 0.717) is 6.54 Å². The fourth-order valence-electron chi connectivity index (χ4n) is 2.63. The lowest BCUT2D eigenvalue weighted by Crippen LogP contribution is -2.26. The molecule has 1 amide bonds. The number of aryl methyl sites for hydroxylation is 1. The first-order chi connectivity index (χ1) is 10.2. The van der Waals surface area contributed by atoms with E-state index in [1.807, 2.05) is 35.9 Å². The van der Waals surface area contributed by atoms with Gasteiger partial charge in [0, 0.05) is 12.6 Å². The summed E-state index contributed by atoms with van der Waals surface area (Å²) in [5.41, 5.74) is 2.07. The van der Waals surface area contributed by atoms with Crippen molar-refractivity contribution in [1.29, 1.82) is 0 Å². The van der Waals surface area contributed by atoms with Gasteiger partial charge in [-0.25, -0.2) is 4.68 Å².